The molecule has 17 heavy (non-hydrogen) atoms. The summed E-state index contributed by atoms with van der Waals surface area (Å²) >= 11 is 0. The second-order valence-corrected chi connectivity index (χ2v) is 5.22. The molecule has 2 bridgehead atoms. The molecular formula is C14H18N2O. The molecule has 1 heterocycles. The third-order valence-electron chi connectivity index (χ3n) is 4.32. The topological polar surface area (TPSA) is 58.9 Å². The Morgan fingerprint density at radius 2 is 2.35 bits per heavy atom. The fraction of sp³-hybridized carbons (Fsp3) is 0.500. The Hall–Kier alpha value is -1.35. The average molecular weight is 230 g/mol. The van der Waals surface area contributed by atoms with Gasteiger partial charge in [0, 0.05) is 11.8 Å². The number of H-pyrrole nitrogens is 1. The molecule has 0 aromatic carbocycles. The van der Waals surface area contributed by atoms with Crippen molar-refractivity contribution < 1.29 is 0 Å². The van der Waals surface area contributed by atoms with Gasteiger partial charge in [-0.1, -0.05) is 12.5 Å². The van der Waals surface area contributed by atoms with E-state index in [0.29, 0.717) is 5.92 Å². The van der Waals surface area contributed by atoms with Gasteiger partial charge < -0.3 is 10.7 Å². The summed E-state index contributed by atoms with van der Waals surface area (Å²) in [5.74, 6) is 0.518. The summed E-state index contributed by atoms with van der Waals surface area (Å²) in [6, 6.07) is 3.51. The smallest absolute Gasteiger partial charge is 0.248 e. The molecule has 2 atom stereocenters. The minimum atomic E-state index is -0.338. The molecule has 90 valence electrons. The third kappa shape index (κ3) is 1.42. The molecule has 3 rings (SSSR count). The lowest BCUT2D eigenvalue weighted by Crippen LogP contribution is -2.48. The van der Waals surface area contributed by atoms with Gasteiger partial charge in [0.1, 0.15) is 0 Å². The number of nitrogens with one attached hydrogen (secondary N) is 1. The molecule has 0 amide bonds. The van der Waals surface area contributed by atoms with Gasteiger partial charge in [-0.05, 0) is 49.3 Å². The highest BCUT2D eigenvalue weighted by Crippen LogP contribution is 2.48. The second kappa shape index (κ2) is 3.57. The van der Waals surface area contributed by atoms with E-state index in [9.17, 15) is 4.79 Å². The van der Waals surface area contributed by atoms with Crippen LogP contribution < -0.4 is 11.3 Å². The minimum absolute atomic E-state index is 0.0191. The van der Waals surface area contributed by atoms with Crippen molar-refractivity contribution in [2.45, 2.75) is 38.1 Å². The molecule has 0 unspecified atom stereocenters. The van der Waals surface area contributed by atoms with E-state index < -0.39 is 0 Å². The van der Waals surface area contributed by atoms with Crippen LogP contribution in [0.3, 0.4) is 0 Å². The maximum absolute atomic E-state index is 11.4. The van der Waals surface area contributed by atoms with Crippen LogP contribution in [-0.2, 0) is 12.0 Å². The number of aromatic nitrogens is 1. The average Bonchev–Trinajstić information content (AvgIpc) is 2.27. The Bertz CT molecular complexity index is 543. The van der Waals surface area contributed by atoms with Crippen molar-refractivity contribution >= 4 is 0 Å². The van der Waals surface area contributed by atoms with Crippen LogP contribution in [0.25, 0.3) is 0 Å². The number of hydrogen-bond acceptors (Lipinski definition) is 2. The van der Waals surface area contributed by atoms with Crippen molar-refractivity contribution in [2.75, 3.05) is 0 Å². The van der Waals surface area contributed by atoms with Crippen LogP contribution in [0.5, 0.6) is 0 Å². The number of allylic oxidation sites excluding steroid dienone is 1. The lowest BCUT2D eigenvalue weighted by molar-refractivity contribution is 0.296. The van der Waals surface area contributed by atoms with Crippen LogP contribution in [-0.4, -0.2) is 4.98 Å². The Morgan fingerprint density at radius 3 is 3.12 bits per heavy atom. The summed E-state index contributed by atoms with van der Waals surface area (Å²) < 4.78 is 0. The van der Waals surface area contributed by atoms with Gasteiger partial charge >= 0.3 is 0 Å². The van der Waals surface area contributed by atoms with E-state index >= 15 is 0 Å². The first kappa shape index (κ1) is 10.8. The molecule has 3 heteroatoms. The molecule has 0 spiro atoms. The molecule has 1 aromatic heterocycles. The molecule has 0 saturated heterocycles. The highest BCUT2D eigenvalue weighted by atomic mass is 16.1. The maximum atomic E-state index is 11.4. The zero-order valence-electron chi connectivity index (χ0n) is 10.1. The minimum Gasteiger partial charge on any atom is -0.326 e. The molecule has 1 saturated carbocycles. The number of nitrogens with two attached hydrogens (primary N) is 1. The first-order valence-corrected chi connectivity index (χ1v) is 6.33. The van der Waals surface area contributed by atoms with E-state index in [1.807, 2.05) is 6.07 Å². The first-order chi connectivity index (χ1) is 8.15. The highest BCUT2D eigenvalue weighted by Gasteiger charge is 2.44. The Morgan fingerprint density at radius 1 is 1.53 bits per heavy atom. The standard InChI is InChI=1S/C14H18N2O/c1-2-10-9-4-3-7-14(10,15)11-5-6-13(17)16-12(11)8-9/h2,5-6,9H,3-4,7-8,15H2,1H3,(H,16,17)/b10-2+/t9-,14+/m0/s1. The highest BCUT2D eigenvalue weighted by molar-refractivity contribution is 5.44. The zero-order chi connectivity index (χ0) is 12.0. The van der Waals surface area contributed by atoms with Gasteiger partial charge in [0.05, 0.1) is 5.54 Å². The fourth-order valence-electron chi connectivity index (χ4n) is 3.63. The van der Waals surface area contributed by atoms with Gasteiger partial charge in [0.2, 0.25) is 5.56 Å². The van der Waals surface area contributed by atoms with Gasteiger partial charge in [-0.2, -0.15) is 0 Å². The van der Waals surface area contributed by atoms with Crippen molar-refractivity contribution in [3.63, 3.8) is 0 Å². The summed E-state index contributed by atoms with van der Waals surface area (Å²) in [6.45, 7) is 2.08. The number of fused-ring (bicyclic) bond motifs is 4. The molecule has 3 N–H and O–H groups in total. The normalized spacial score (nSPS) is 33.5. The number of rotatable bonds is 0. The fourth-order valence-corrected chi connectivity index (χ4v) is 3.63. The van der Waals surface area contributed by atoms with Crippen molar-refractivity contribution in [1.82, 2.24) is 4.98 Å². The second-order valence-electron chi connectivity index (χ2n) is 5.22. The largest absolute Gasteiger partial charge is 0.326 e. The lowest BCUT2D eigenvalue weighted by atomic mass is 9.62. The monoisotopic (exact) mass is 230 g/mol. The molecule has 1 aromatic rings. The Balaban J connectivity index is 2.25. The molecule has 2 aliphatic rings. The van der Waals surface area contributed by atoms with Crippen LogP contribution in [0.15, 0.2) is 28.6 Å². The van der Waals surface area contributed by atoms with Crippen LogP contribution in [0, 0.1) is 5.92 Å². The summed E-state index contributed by atoms with van der Waals surface area (Å²) in [7, 11) is 0. The zero-order valence-corrected chi connectivity index (χ0v) is 10.1. The summed E-state index contributed by atoms with van der Waals surface area (Å²) in [6.07, 6.45) is 6.47. The molecule has 0 radical (unpaired) electrons. The summed E-state index contributed by atoms with van der Waals surface area (Å²) in [5.41, 5.74) is 9.81. The predicted molar refractivity (Wildman–Crippen MR) is 67.7 cm³/mol. The van der Waals surface area contributed by atoms with E-state index in [1.165, 1.54) is 18.4 Å². The predicted octanol–water partition coefficient (Wildman–Crippen LogP) is 1.83. The number of hydrogen-bond donors (Lipinski definition) is 2. The van der Waals surface area contributed by atoms with E-state index in [2.05, 4.69) is 18.0 Å². The van der Waals surface area contributed by atoms with Crippen LogP contribution in [0.2, 0.25) is 0 Å². The first-order valence-electron chi connectivity index (χ1n) is 6.33. The van der Waals surface area contributed by atoms with Crippen molar-refractivity contribution in [1.29, 1.82) is 0 Å². The quantitative estimate of drug-likeness (QED) is 0.668. The molecule has 2 aliphatic carbocycles. The van der Waals surface area contributed by atoms with Gasteiger partial charge in [-0.3, -0.25) is 4.79 Å². The molecular weight excluding hydrogens is 212 g/mol. The lowest BCUT2D eigenvalue weighted by Gasteiger charge is -2.46. The number of pyridine rings is 1. The molecule has 1 fully saturated rings. The third-order valence-corrected chi connectivity index (χ3v) is 4.32. The van der Waals surface area contributed by atoms with Crippen molar-refractivity contribution in [3.8, 4) is 0 Å². The van der Waals surface area contributed by atoms with Gasteiger partial charge in [-0.25, -0.2) is 0 Å². The molecule has 3 nitrogen and oxygen atoms in total. The SMILES string of the molecule is C/C=C1\[C@H]2CCC[C@]1(N)c1ccc(=O)[nH]c1C2. The van der Waals surface area contributed by atoms with Crippen LogP contribution in [0.1, 0.15) is 37.4 Å². The van der Waals surface area contributed by atoms with Gasteiger partial charge in [-0.15, -0.1) is 0 Å². The van der Waals surface area contributed by atoms with Crippen molar-refractivity contribution in [2.24, 2.45) is 11.7 Å². The molecule has 0 aliphatic heterocycles. The Labute approximate surface area is 101 Å². The van der Waals surface area contributed by atoms with Crippen LogP contribution in [0.4, 0.5) is 0 Å². The summed E-state index contributed by atoms with van der Waals surface area (Å²) in [5, 5.41) is 0. The van der Waals surface area contributed by atoms with E-state index in [1.54, 1.807) is 6.07 Å². The van der Waals surface area contributed by atoms with Gasteiger partial charge in [0.15, 0.2) is 0 Å². The van der Waals surface area contributed by atoms with E-state index in [0.717, 1.165) is 24.1 Å². The number of aromatic amines is 1. The van der Waals surface area contributed by atoms with Crippen molar-refractivity contribution in [3.05, 3.63) is 45.4 Å². The van der Waals surface area contributed by atoms with E-state index in [4.69, 9.17) is 5.73 Å². The Kier molecular flexibility index (Phi) is 2.26. The summed E-state index contributed by atoms with van der Waals surface area (Å²) in [4.78, 5) is 14.4. The van der Waals surface area contributed by atoms with E-state index in [-0.39, 0.29) is 11.1 Å². The van der Waals surface area contributed by atoms with Crippen LogP contribution >= 0.6 is 0 Å². The maximum Gasteiger partial charge on any atom is 0.248 e. The van der Waals surface area contributed by atoms with Gasteiger partial charge in [0.25, 0.3) is 0 Å².